The molecule has 1 aromatic carbocycles. The molecule has 1 amide bonds. The number of amides is 1. The van der Waals surface area contributed by atoms with Gasteiger partial charge in [-0.25, -0.2) is 13.8 Å². The number of nitriles is 1. The van der Waals surface area contributed by atoms with Crippen LogP contribution in [0.4, 0.5) is 20.2 Å². The van der Waals surface area contributed by atoms with Gasteiger partial charge in [-0.2, -0.15) is 5.26 Å². The van der Waals surface area contributed by atoms with Crippen molar-refractivity contribution in [2.24, 2.45) is 16.8 Å². The molecule has 234 valence electrons. The summed E-state index contributed by atoms with van der Waals surface area (Å²) in [5.74, 6) is -3.46. The first-order chi connectivity index (χ1) is 21.3. The van der Waals surface area contributed by atoms with Crippen LogP contribution in [0.15, 0.2) is 40.8 Å². The zero-order valence-electron chi connectivity index (χ0n) is 24.5. The number of carbonyl (C=O) groups excluding carboxylic acids is 1. The van der Waals surface area contributed by atoms with E-state index in [0.29, 0.717) is 24.2 Å². The normalized spacial score (nSPS) is 18.4. The first-order valence-corrected chi connectivity index (χ1v) is 15.2. The molecule has 1 saturated heterocycles. The lowest BCUT2D eigenvalue weighted by Crippen LogP contribution is -2.49. The summed E-state index contributed by atoms with van der Waals surface area (Å²) in [5, 5.41) is 9.45. The van der Waals surface area contributed by atoms with Crippen molar-refractivity contribution >= 4 is 68.8 Å². The smallest absolute Gasteiger partial charge is 0.272 e. The Morgan fingerprint density at radius 1 is 1.18 bits per heavy atom. The number of aliphatic imine (C=N–C) groups is 1. The third-order valence-corrected chi connectivity index (χ3v) is 9.26. The van der Waals surface area contributed by atoms with Gasteiger partial charge in [0.1, 0.15) is 22.3 Å². The van der Waals surface area contributed by atoms with Crippen molar-refractivity contribution in [3.8, 4) is 17.3 Å². The average Bonchev–Trinajstić information content (AvgIpc) is 3.02. The molecule has 2 aliphatic rings. The third kappa shape index (κ3) is 5.35. The fourth-order valence-electron chi connectivity index (χ4n) is 5.89. The quantitative estimate of drug-likeness (QED) is 0.145. The fourth-order valence-corrected chi connectivity index (χ4v) is 6.49. The number of nitrogens with two attached hydrogens (primary N) is 1. The molecule has 0 aliphatic carbocycles. The number of nitrogens with zero attached hydrogens (tertiary/aromatic N) is 6. The van der Waals surface area contributed by atoms with Gasteiger partial charge < -0.3 is 15.5 Å². The van der Waals surface area contributed by atoms with Crippen molar-refractivity contribution in [3.05, 3.63) is 73.6 Å². The molecule has 14 heteroatoms. The van der Waals surface area contributed by atoms with Gasteiger partial charge in [-0.05, 0) is 18.1 Å². The monoisotopic (exact) mass is 673 g/mol. The van der Waals surface area contributed by atoms with E-state index in [2.05, 4.69) is 22.6 Å². The Bertz CT molecular complexity index is 1900. The molecule has 9 nitrogen and oxygen atoms in total. The molecule has 3 aromatic rings. The first kappa shape index (κ1) is 32.4. The second kappa shape index (κ2) is 12.4. The molecular weight excluding hydrogens is 647 g/mol. The Balaban J connectivity index is 1.88. The zero-order chi connectivity index (χ0) is 32.9. The highest BCUT2D eigenvalue weighted by Gasteiger charge is 2.35. The summed E-state index contributed by atoms with van der Waals surface area (Å²) in [6.07, 6.45) is 4.72. The highest BCUT2D eigenvalue weighted by atomic mass is 35.5. The molecule has 1 unspecified atom stereocenters. The number of nitrogen functional groups attached to an aromatic ring is 1. The van der Waals surface area contributed by atoms with Gasteiger partial charge in [-0.3, -0.25) is 19.1 Å². The van der Waals surface area contributed by atoms with E-state index in [4.69, 9.17) is 40.5 Å². The number of hydrogen-bond donors (Lipinski definition) is 1. The van der Waals surface area contributed by atoms with Gasteiger partial charge in [0.25, 0.3) is 5.56 Å². The standard InChI is InChI=1S/C31H28Cl3F2N7O2/c1-5-19(44)41-8-10-42(11-9-41)29-16-12-18(32)27(20-23(35)24(36)21(33)22(34)25(20)38)40-30(16)43(31(45)17(29)13-37)28-15(4)6-7-39-26(28)14(2)3/h5-7,12,14-15,28H,1,8-11,38H2,2-4H3/t15-,28?/m1/s1. The Hall–Kier alpha value is -3.98. The lowest BCUT2D eigenvalue weighted by Gasteiger charge is -2.37. The summed E-state index contributed by atoms with van der Waals surface area (Å²) in [6, 6.07) is 2.85. The van der Waals surface area contributed by atoms with Crippen LogP contribution in [-0.2, 0) is 4.79 Å². The van der Waals surface area contributed by atoms with Gasteiger partial charge in [-0.1, -0.05) is 68.2 Å². The van der Waals surface area contributed by atoms with Crippen molar-refractivity contribution < 1.29 is 13.6 Å². The van der Waals surface area contributed by atoms with Crippen molar-refractivity contribution in [1.29, 1.82) is 5.26 Å². The van der Waals surface area contributed by atoms with Gasteiger partial charge in [0.05, 0.1) is 38.7 Å². The molecule has 0 saturated carbocycles. The second-order valence-electron chi connectivity index (χ2n) is 11.1. The van der Waals surface area contributed by atoms with Crippen LogP contribution in [0.1, 0.15) is 32.4 Å². The maximum Gasteiger partial charge on any atom is 0.272 e. The van der Waals surface area contributed by atoms with Crippen molar-refractivity contribution in [2.45, 2.75) is 26.8 Å². The minimum absolute atomic E-state index is 0.0452. The van der Waals surface area contributed by atoms with E-state index in [9.17, 15) is 19.2 Å². The van der Waals surface area contributed by atoms with Gasteiger partial charge >= 0.3 is 0 Å². The van der Waals surface area contributed by atoms with Gasteiger partial charge in [0.15, 0.2) is 11.6 Å². The summed E-state index contributed by atoms with van der Waals surface area (Å²) >= 11 is 18.7. The number of hydrogen-bond acceptors (Lipinski definition) is 7. The maximum atomic E-state index is 15.5. The van der Waals surface area contributed by atoms with Crippen LogP contribution in [0.25, 0.3) is 22.3 Å². The third-order valence-electron chi connectivity index (χ3n) is 8.13. The van der Waals surface area contributed by atoms with Crippen LogP contribution < -0.4 is 16.2 Å². The van der Waals surface area contributed by atoms with E-state index in [1.807, 2.05) is 31.7 Å². The Labute approximate surface area is 272 Å². The SMILES string of the molecule is C=CC(=O)N1CCN(c2c(C#N)c(=O)n(C3C(C(C)C)=NC=C[C@H]3C)c3nc(-c4c(N)c(Cl)c(Cl)c(F)c4F)c(Cl)cc23)CC1. The minimum atomic E-state index is -1.44. The first-order valence-electron chi connectivity index (χ1n) is 14.0. The summed E-state index contributed by atoms with van der Waals surface area (Å²) in [6.45, 7) is 10.5. The topological polar surface area (TPSA) is 121 Å². The fraction of sp³-hybridized carbons (Fsp3) is 0.323. The summed E-state index contributed by atoms with van der Waals surface area (Å²) in [7, 11) is 0. The number of rotatable bonds is 5. The van der Waals surface area contributed by atoms with Crippen LogP contribution in [-0.4, -0.2) is 52.2 Å². The molecule has 2 atom stereocenters. The molecule has 1 fully saturated rings. The number of piperazine rings is 1. The molecule has 4 heterocycles. The number of carbonyl (C=O) groups is 1. The molecule has 0 bridgehead atoms. The Morgan fingerprint density at radius 3 is 2.44 bits per heavy atom. The minimum Gasteiger partial charge on any atom is -0.397 e. The number of halogens is 5. The lowest BCUT2D eigenvalue weighted by atomic mass is 9.88. The maximum absolute atomic E-state index is 15.5. The van der Waals surface area contributed by atoms with E-state index in [-0.39, 0.29) is 58.4 Å². The van der Waals surface area contributed by atoms with Crippen molar-refractivity contribution in [3.63, 3.8) is 0 Å². The van der Waals surface area contributed by atoms with Crippen molar-refractivity contribution in [2.75, 3.05) is 36.8 Å². The van der Waals surface area contributed by atoms with Crippen LogP contribution in [0, 0.1) is 34.8 Å². The average molecular weight is 675 g/mol. The number of aromatic nitrogens is 2. The summed E-state index contributed by atoms with van der Waals surface area (Å²) in [5.41, 5.74) is 5.09. The highest BCUT2D eigenvalue weighted by molar-refractivity contribution is 6.44. The number of anilines is 2. The molecular formula is C31H28Cl3F2N7O2. The molecule has 0 radical (unpaired) electrons. The predicted octanol–water partition coefficient (Wildman–Crippen LogP) is 6.39. The number of benzene rings is 1. The Kier molecular flexibility index (Phi) is 8.95. The van der Waals surface area contributed by atoms with Crippen molar-refractivity contribution in [1.82, 2.24) is 14.5 Å². The van der Waals surface area contributed by atoms with Gasteiger partial charge in [0.2, 0.25) is 5.91 Å². The molecule has 2 N–H and O–H groups in total. The van der Waals surface area contributed by atoms with E-state index >= 15 is 4.39 Å². The number of pyridine rings is 2. The van der Waals surface area contributed by atoms with E-state index in [1.165, 1.54) is 16.7 Å². The van der Waals surface area contributed by atoms with Crippen LogP contribution in [0.3, 0.4) is 0 Å². The number of fused-ring (bicyclic) bond motifs is 1. The highest BCUT2D eigenvalue weighted by Crippen LogP contribution is 2.44. The zero-order valence-corrected chi connectivity index (χ0v) is 26.8. The Morgan fingerprint density at radius 2 is 1.84 bits per heavy atom. The van der Waals surface area contributed by atoms with Gasteiger partial charge in [-0.15, -0.1) is 0 Å². The van der Waals surface area contributed by atoms with E-state index < -0.39 is 44.5 Å². The van der Waals surface area contributed by atoms with E-state index in [1.54, 1.807) is 11.1 Å². The van der Waals surface area contributed by atoms with Crippen LogP contribution in [0.5, 0.6) is 0 Å². The summed E-state index contributed by atoms with van der Waals surface area (Å²) in [4.78, 5) is 39.3. The molecule has 45 heavy (non-hydrogen) atoms. The molecule has 2 aromatic heterocycles. The van der Waals surface area contributed by atoms with Gasteiger partial charge in [0, 0.05) is 49.4 Å². The molecule has 2 aliphatic heterocycles. The van der Waals surface area contributed by atoms with E-state index in [0.717, 1.165) is 0 Å². The number of allylic oxidation sites excluding steroid dienone is 1. The lowest BCUT2D eigenvalue weighted by molar-refractivity contribution is -0.126. The largest absolute Gasteiger partial charge is 0.397 e. The van der Waals surface area contributed by atoms with Crippen LogP contribution >= 0.6 is 34.8 Å². The molecule has 0 spiro atoms. The predicted molar refractivity (Wildman–Crippen MR) is 174 cm³/mol. The molecule has 5 rings (SSSR count). The second-order valence-corrected chi connectivity index (χ2v) is 12.3. The van der Waals surface area contributed by atoms with Crippen LogP contribution in [0.2, 0.25) is 15.1 Å². The summed E-state index contributed by atoms with van der Waals surface area (Å²) < 4.78 is 31.7.